The molecular formula is C19H17F2NO3. The van der Waals surface area contributed by atoms with Crippen LogP contribution in [0, 0.1) is 0 Å². The molecule has 4 nitrogen and oxygen atoms in total. The van der Waals surface area contributed by atoms with Crippen LogP contribution in [0.25, 0.3) is 0 Å². The van der Waals surface area contributed by atoms with Gasteiger partial charge in [-0.05, 0) is 36.2 Å². The second kappa shape index (κ2) is 5.65. The minimum atomic E-state index is -3.64. The smallest absolute Gasteiger partial charge is 0.338 e. The summed E-state index contributed by atoms with van der Waals surface area (Å²) in [6.07, 6.45) is 0. The molecule has 0 saturated heterocycles. The third kappa shape index (κ3) is 2.24. The highest BCUT2D eigenvalue weighted by atomic mass is 19.3. The van der Waals surface area contributed by atoms with E-state index < -0.39 is 23.2 Å². The van der Waals surface area contributed by atoms with Crippen molar-refractivity contribution in [3.05, 3.63) is 65.2 Å². The topological polar surface area (TPSA) is 46.6 Å². The fourth-order valence-electron chi connectivity index (χ4n) is 3.29. The van der Waals surface area contributed by atoms with Crippen LogP contribution < -0.4 is 4.90 Å². The van der Waals surface area contributed by atoms with E-state index in [0.29, 0.717) is 11.3 Å². The molecule has 1 unspecified atom stereocenters. The van der Waals surface area contributed by atoms with Gasteiger partial charge in [0.1, 0.15) is 0 Å². The summed E-state index contributed by atoms with van der Waals surface area (Å²) in [5.41, 5.74) is -0.544. The molecule has 0 saturated carbocycles. The predicted molar refractivity (Wildman–Crippen MR) is 89.0 cm³/mol. The molecule has 1 heterocycles. The summed E-state index contributed by atoms with van der Waals surface area (Å²) in [4.78, 5) is 24.9. The van der Waals surface area contributed by atoms with Gasteiger partial charge in [0.15, 0.2) is 0 Å². The van der Waals surface area contributed by atoms with E-state index in [9.17, 15) is 9.59 Å². The molecule has 6 heteroatoms. The van der Waals surface area contributed by atoms with E-state index in [4.69, 9.17) is 0 Å². The fourth-order valence-corrected chi connectivity index (χ4v) is 3.29. The summed E-state index contributed by atoms with van der Waals surface area (Å²) in [5, 5.41) is 0. The number of hydrogen-bond acceptors (Lipinski definition) is 3. The van der Waals surface area contributed by atoms with Crippen molar-refractivity contribution in [2.75, 3.05) is 19.1 Å². The quantitative estimate of drug-likeness (QED) is 0.784. The highest BCUT2D eigenvalue weighted by Crippen LogP contribution is 2.52. The second-order valence-electron chi connectivity index (χ2n) is 6.15. The van der Waals surface area contributed by atoms with E-state index >= 15 is 8.78 Å². The molecule has 1 aliphatic rings. The van der Waals surface area contributed by atoms with E-state index in [2.05, 4.69) is 4.74 Å². The third-order valence-corrected chi connectivity index (χ3v) is 4.89. The van der Waals surface area contributed by atoms with Gasteiger partial charge in [-0.25, -0.2) is 4.79 Å². The van der Waals surface area contributed by atoms with Crippen LogP contribution in [0.1, 0.15) is 28.4 Å². The van der Waals surface area contributed by atoms with Crippen molar-refractivity contribution < 1.29 is 23.1 Å². The van der Waals surface area contributed by atoms with E-state index in [1.165, 1.54) is 45.3 Å². The predicted octanol–water partition coefficient (Wildman–Crippen LogP) is 3.39. The molecule has 2 aromatic carbocycles. The first kappa shape index (κ1) is 17.1. The van der Waals surface area contributed by atoms with Crippen molar-refractivity contribution >= 4 is 17.6 Å². The van der Waals surface area contributed by atoms with Crippen LogP contribution in [-0.2, 0) is 14.9 Å². The monoisotopic (exact) mass is 345 g/mol. The number of anilines is 1. The molecule has 0 aromatic heterocycles. The molecule has 130 valence electrons. The highest BCUT2D eigenvalue weighted by molar-refractivity contribution is 6.03. The molecule has 25 heavy (non-hydrogen) atoms. The fraction of sp³-hybridized carbons (Fsp3) is 0.263. The van der Waals surface area contributed by atoms with Gasteiger partial charge in [0.25, 0.3) is 5.91 Å². The van der Waals surface area contributed by atoms with Gasteiger partial charge in [0.2, 0.25) is 0 Å². The van der Waals surface area contributed by atoms with Gasteiger partial charge in [-0.2, -0.15) is 8.78 Å². The van der Waals surface area contributed by atoms with Gasteiger partial charge in [-0.1, -0.05) is 30.3 Å². The summed E-state index contributed by atoms with van der Waals surface area (Å²) >= 11 is 0. The minimum Gasteiger partial charge on any atom is -0.465 e. The van der Waals surface area contributed by atoms with Crippen LogP contribution >= 0.6 is 0 Å². The lowest BCUT2D eigenvalue weighted by Crippen LogP contribution is -2.58. The van der Waals surface area contributed by atoms with E-state index in [1.54, 1.807) is 24.3 Å². The van der Waals surface area contributed by atoms with Gasteiger partial charge >= 0.3 is 11.9 Å². The summed E-state index contributed by atoms with van der Waals surface area (Å²) in [7, 11) is 2.59. The van der Waals surface area contributed by atoms with Crippen LogP contribution in [-0.4, -0.2) is 32.0 Å². The van der Waals surface area contributed by atoms with Gasteiger partial charge in [-0.15, -0.1) is 0 Å². The number of carbonyl (C=O) groups is 2. The Morgan fingerprint density at radius 3 is 2.28 bits per heavy atom. The lowest BCUT2D eigenvalue weighted by molar-refractivity contribution is -0.151. The van der Waals surface area contributed by atoms with Crippen molar-refractivity contribution in [2.45, 2.75) is 18.3 Å². The van der Waals surface area contributed by atoms with Crippen molar-refractivity contribution in [1.29, 1.82) is 0 Å². The van der Waals surface area contributed by atoms with Crippen LogP contribution in [0.5, 0.6) is 0 Å². The number of para-hydroxylation sites is 1. The average molecular weight is 345 g/mol. The molecule has 2 aromatic rings. The van der Waals surface area contributed by atoms with E-state index in [1.807, 2.05) is 0 Å². The Morgan fingerprint density at radius 2 is 1.68 bits per heavy atom. The van der Waals surface area contributed by atoms with Crippen molar-refractivity contribution in [3.8, 4) is 0 Å². The van der Waals surface area contributed by atoms with Crippen molar-refractivity contribution in [1.82, 2.24) is 0 Å². The minimum absolute atomic E-state index is 0.249. The molecular weight excluding hydrogens is 328 g/mol. The highest BCUT2D eigenvalue weighted by Gasteiger charge is 2.62. The molecule has 0 bridgehead atoms. The van der Waals surface area contributed by atoms with Crippen LogP contribution in [0.3, 0.4) is 0 Å². The van der Waals surface area contributed by atoms with E-state index in [-0.39, 0.29) is 11.1 Å². The first-order chi connectivity index (χ1) is 11.7. The molecule has 0 fully saturated rings. The number of methoxy groups -OCH3 is 1. The summed E-state index contributed by atoms with van der Waals surface area (Å²) in [5.74, 6) is -5.45. The van der Waals surface area contributed by atoms with Crippen molar-refractivity contribution in [2.24, 2.45) is 0 Å². The maximum atomic E-state index is 15.1. The number of rotatable bonds is 2. The second-order valence-corrected chi connectivity index (χ2v) is 6.15. The Hall–Kier alpha value is -2.76. The zero-order valence-electron chi connectivity index (χ0n) is 14.0. The van der Waals surface area contributed by atoms with Crippen LogP contribution in [0.4, 0.5) is 14.5 Å². The Morgan fingerprint density at radius 1 is 1.08 bits per heavy atom. The Kier molecular flexibility index (Phi) is 3.86. The first-order valence-electron chi connectivity index (χ1n) is 7.69. The van der Waals surface area contributed by atoms with Gasteiger partial charge in [0, 0.05) is 12.7 Å². The molecule has 3 rings (SSSR count). The summed E-state index contributed by atoms with van der Waals surface area (Å²) in [6.45, 7) is 1.35. The zero-order chi connectivity index (χ0) is 18.4. The molecule has 0 spiro atoms. The molecule has 0 radical (unpaired) electrons. The number of ether oxygens (including phenoxy) is 1. The van der Waals surface area contributed by atoms with Crippen LogP contribution in [0.2, 0.25) is 0 Å². The molecule has 1 atom stereocenters. The normalized spacial score (nSPS) is 21.6. The number of amides is 1. The Labute approximate surface area is 144 Å². The number of esters is 1. The largest absolute Gasteiger partial charge is 0.465 e. The van der Waals surface area contributed by atoms with Crippen molar-refractivity contribution in [3.63, 3.8) is 0 Å². The maximum Gasteiger partial charge on any atom is 0.338 e. The number of benzene rings is 2. The summed E-state index contributed by atoms with van der Waals surface area (Å²) in [6, 6.07) is 12.3. The number of alkyl halides is 2. The lowest BCUT2D eigenvalue weighted by Gasteiger charge is -2.45. The van der Waals surface area contributed by atoms with Gasteiger partial charge in [-0.3, -0.25) is 4.79 Å². The standard InChI is InChI=1S/C19H17F2NO3/c1-18(13-10-8-12(9-11-13)16(23)25-3)14-6-4-5-7-15(14)22(2)17(24)19(18,20)21/h4-11H,1-3H3. The number of halogens is 2. The number of hydrogen-bond donors (Lipinski definition) is 0. The molecule has 1 aliphatic heterocycles. The number of carbonyl (C=O) groups excluding carboxylic acids is 2. The zero-order valence-corrected chi connectivity index (χ0v) is 14.0. The third-order valence-electron chi connectivity index (χ3n) is 4.89. The summed E-state index contributed by atoms with van der Waals surface area (Å²) < 4.78 is 34.8. The van der Waals surface area contributed by atoms with Gasteiger partial charge in [0.05, 0.1) is 18.1 Å². The lowest BCUT2D eigenvalue weighted by atomic mass is 9.68. The molecule has 0 aliphatic carbocycles. The van der Waals surface area contributed by atoms with Crippen LogP contribution in [0.15, 0.2) is 48.5 Å². The Bertz CT molecular complexity index is 848. The maximum absolute atomic E-state index is 15.1. The van der Waals surface area contributed by atoms with Gasteiger partial charge < -0.3 is 9.64 Å². The Balaban J connectivity index is 2.23. The van der Waals surface area contributed by atoms with E-state index in [0.717, 1.165) is 4.90 Å². The average Bonchev–Trinajstić information content (AvgIpc) is 2.64. The molecule has 0 N–H and O–H groups in total. The first-order valence-corrected chi connectivity index (χ1v) is 7.69. The number of nitrogens with zero attached hydrogens (tertiary/aromatic N) is 1. The SMILES string of the molecule is COC(=O)c1ccc(C2(C)c3ccccc3N(C)C(=O)C2(F)F)cc1. The number of fused-ring (bicyclic) bond motifs is 1. The molecule has 1 amide bonds.